The van der Waals surface area contributed by atoms with E-state index in [1.54, 1.807) is 0 Å². The van der Waals surface area contributed by atoms with Crippen LogP contribution in [0, 0.1) is 0 Å². The van der Waals surface area contributed by atoms with Crippen LogP contribution in [0.4, 0.5) is 0 Å². The van der Waals surface area contributed by atoms with Crippen molar-refractivity contribution < 1.29 is 9.90 Å². The zero-order valence-corrected chi connectivity index (χ0v) is 6.52. The molecule has 0 aliphatic heterocycles. The lowest BCUT2D eigenvalue weighted by atomic mass is 10.7. The number of hydrogen-bond donors (Lipinski definition) is 2. The lowest BCUT2D eigenvalue weighted by Crippen LogP contribution is -2.10. The fourth-order valence-corrected chi connectivity index (χ4v) is 0.194. The molecule has 0 heterocycles. The van der Waals surface area contributed by atoms with Gasteiger partial charge in [-0.3, -0.25) is 4.79 Å². The van der Waals surface area contributed by atoms with E-state index in [1.807, 2.05) is 6.92 Å². The first kappa shape index (κ1) is 12.0. The predicted octanol–water partition coefficient (Wildman–Crippen LogP) is 0.139. The summed E-state index contributed by atoms with van der Waals surface area (Å²) in [6.45, 7) is 2.39. The fourth-order valence-electron chi connectivity index (χ4n) is 0.0645. The summed E-state index contributed by atoms with van der Waals surface area (Å²) >= 11 is 4.23. The maximum absolute atomic E-state index is 9.24. The summed E-state index contributed by atoms with van der Waals surface area (Å²) in [4.78, 5) is 12.8. The van der Waals surface area contributed by atoms with Crippen LogP contribution in [-0.4, -0.2) is 29.3 Å². The summed E-state index contributed by atoms with van der Waals surface area (Å²) in [5, 5.41) is 9.82. The average molecular weight is 162 g/mol. The molecule has 10 heavy (non-hydrogen) atoms. The number of rotatable bonds is 2. The molecule has 0 amide bonds. The molecule has 0 saturated carbocycles. The second-order valence-electron chi connectivity index (χ2n) is 1.16. The van der Waals surface area contributed by atoms with E-state index in [4.69, 9.17) is 5.11 Å². The Bertz CT molecular complexity index is 130. The average Bonchev–Trinajstić information content (AvgIpc) is 1.91. The largest absolute Gasteiger partial charge is 0.480 e. The molecule has 0 aliphatic rings. The Kier molecular flexibility index (Phi) is 13.3. The van der Waals surface area contributed by atoms with E-state index in [0.29, 0.717) is 0 Å². The minimum Gasteiger partial charge on any atom is -0.480 e. The van der Waals surface area contributed by atoms with Gasteiger partial charge in [-0.05, 0) is 19.1 Å². The maximum Gasteiger partial charge on any atom is 0.317 e. The molecule has 5 heteroatoms. The van der Waals surface area contributed by atoms with Crippen molar-refractivity contribution in [3.8, 4) is 0 Å². The van der Waals surface area contributed by atoms with Crippen LogP contribution < -0.4 is 5.73 Å². The summed E-state index contributed by atoms with van der Waals surface area (Å²) in [6.07, 6.45) is 0. The molecule has 4 nitrogen and oxygen atoms in total. The summed E-state index contributed by atoms with van der Waals surface area (Å²) in [5.41, 5.74) is 4.57. The summed E-state index contributed by atoms with van der Waals surface area (Å²) in [7, 11) is 0. The Morgan fingerprint density at radius 2 is 2.30 bits per heavy atom. The Labute approximate surface area is 64.8 Å². The molecule has 3 N–H and O–H groups in total. The zero-order valence-electron chi connectivity index (χ0n) is 5.70. The summed E-state index contributed by atoms with van der Waals surface area (Å²) in [6, 6.07) is 0. The van der Waals surface area contributed by atoms with Crippen LogP contribution in [0.1, 0.15) is 6.92 Å². The predicted molar refractivity (Wildman–Crippen MR) is 42.3 cm³/mol. The van der Waals surface area contributed by atoms with Gasteiger partial charge in [0.2, 0.25) is 0 Å². The van der Waals surface area contributed by atoms with Crippen LogP contribution in [0.25, 0.3) is 0 Å². The second-order valence-corrected chi connectivity index (χ2v) is 1.35. The van der Waals surface area contributed by atoms with Gasteiger partial charge in [0.1, 0.15) is 0 Å². The molecule has 0 aliphatic carbocycles. The molecular formula is C5H10N2O2S. The molecule has 0 saturated heterocycles. The van der Waals surface area contributed by atoms with Crippen molar-refractivity contribution in [2.75, 3.05) is 13.1 Å². The lowest BCUT2D eigenvalue weighted by molar-refractivity contribution is -0.135. The number of aliphatic carboxylic acids is 1. The molecular weight excluding hydrogens is 152 g/mol. The molecule has 0 radical (unpaired) electrons. The quantitative estimate of drug-likeness (QED) is 0.447. The highest BCUT2D eigenvalue weighted by Gasteiger charge is 1.81. The number of aliphatic imine (C=N–C) groups is 1. The Morgan fingerprint density at radius 3 is 2.30 bits per heavy atom. The van der Waals surface area contributed by atoms with Crippen LogP contribution in [0.3, 0.4) is 0 Å². The van der Waals surface area contributed by atoms with E-state index in [-0.39, 0.29) is 6.54 Å². The smallest absolute Gasteiger partial charge is 0.317 e. The SMILES string of the molecule is CCN=C=S.NCC(=O)O. The summed E-state index contributed by atoms with van der Waals surface area (Å²) < 4.78 is 0. The van der Waals surface area contributed by atoms with Gasteiger partial charge in [0.15, 0.2) is 0 Å². The Hall–Kier alpha value is -0.770. The van der Waals surface area contributed by atoms with Crippen molar-refractivity contribution in [2.45, 2.75) is 6.92 Å². The highest BCUT2D eigenvalue weighted by Crippen LogP contribution is 1.55. The highest BCUT2D eigenvalue weighted by molar-refractivity contribution is 7.78. The van der Waals surface area contributed by atoms with Crippen molar-refractivity contribution in [2.24, 2.45) is 10.7 Å². The molecule has 0 aromatic heterocycles. The van der Waals surface area contributed by atoms with Crippen molar-refractivity contribution in [1.29, 1.82) is 0 Å². The molecule has 58 valence electrons. The lowest BCUT2D eigenvalue weighted by Gasteiger charge is -1.73. The van der Waals surface area contributed by atoms with Crippen molar-refractivity contribution in [1.82, 2.24) is 0 Å². The van der Waals surface area contributed by atoms with Crippen LogP contribution in [-0.2, 0) is 4.79 Å². The first-order valence-electron chi connectivity index (χ1n) is 2.64. The molecule has 0 bridgehead atoms. The molecule has 0 aromatic rings. The fraction of sp³-hybridized carbons (Fsp3) is 0.600. The van der Waals surface area contributed by atoms with E-state index in [0.717, 1.165) is 6.54 Å². The number of isothiocyanates is 1. The van der Waals surface area contributed by atoms with Crippen LogP contribution in [0.2, 0.25) is 0 Å². The van der Waals surface area contributed by atoms with Gasteiger partial charge in [-0.1, -0.05) is 0 Å². The van der Waals surface area contributed by atoms with E-state index < -0.39 is 5.97 Å². The standard InChI is InChI=1S/C3H5NS.C2H5NO2/c1-2-4-3-5;3-1-2(4)5/h2H2,1H3;1,3H2,(H,4,5). The van der Waals surface area contributed by atoms with Gasteiger partial charge in [-0.15, -0.1) is 0 Å². The monoisotopic (exact) mass is 162 g/mol. The topological polar surface area (TPSA) is 75.7 Å². The highest BCUT2D eigenvalue weighted by atomic mass is 32.1. The van der Waals surface area contributed by atoms with Gasteiger partial charge in [0.25, 0.3) is 0 Å². The maximum atomic E-state index is 9.24. The first-order chi connectivity index (χ1) is 4.68. The van der Waals surface area contributed by atoms with Gasteiger partial charge in [-0.25, -0.2) is 4.99 Å². The Balaban J connectivity index is 0. The number of nitrogens with two attached hydrogens (primary N) is 1. The number of thiocarbonyl (C=S) groups is 1. The van der Waals surface area contributed by atoms with Gasteiger partial charge in [-0.2, -0.15) is 0 Å². The van der Waals surface area contributed by atoms with Gasteiger partial charge >= 0.3 is 5.97 Å². The number of hydrogen-bond acceptors (Lipinski definition) is 4. The van der Waals surface area contributed by atoms with Crippen molar-refractivity contribution >= 4 is 23.3 Å². The second kappa shape index (κ2) is 11.1. The first-order valence-corrected chi connectivity index (χ1v) is 3.05. The third kappa shape index (κ3) is 26.9. The summed E-state index contributed by atoms with van der Waals surface area (Å²) in [5.74, 6) is -0.968. The normalized spacial score (nSPS) is 6.60. The van der Waals surface area contributed by atoms with E-state index in [1.165, 1.54) is 0 Å². The minimum atomic E-state index is -0.968. The van der Waals surface area contributed by atoms with Gasteiger partial charge in [0.05, 0.1) is 11.7 Å². The van der Waals surface area contributed by atoms with E-state index in [9.17, 15) is 4.79 Å². The molecule has 0 aromatic carbocycles. The number of nitrogens with zero attached hydrogens (tertiary/aromatic N) is 1. The zero-order chi connectivity index (χ0) is 8.41. The molecule has 0 unspecified atom stereocenters. The third-order valence-electron chi connectivity index (χ3n) is 0.397. The van der Waals surface area contributed by atoms with Crippen LogP contribution in [0.5, 0.6) is 0 Å². The van der Waals surface area contributed by atoms with Gasteiger partial charge < -0.3 is 10.8 Å². The van der Waals surface area contributed by atoms with Crippen LogP contribution >= 0.6 is 12.2 Å². The minimum absolute atomic E-state index is 0.278. The van der Waals surface area contributed by atoms with Crippen molar-refractivity contribution in [3.63, 3.8) is 0 Å². The van der Waals surface area contributed by atoms with E-state index in [2.05, 4.69) is 28.1 Å². The van der Waals surface area contributed by atoms with Crippen LogP contribution in [0.15, 0.2) is 4.99 Å². The molecule has 0 rings (SSSR count). The van der Waals surface area contributed by atoms with Crippen molar-refractivity contribution in [3.05, 3.63) is 0 Å². The molecule has 0 spiro atoms. The third-order valence-corrected chi connectivity index (χ3v) is 0.526. The van der Waals surface area contributed by atoms with Gasteiger partial charge in [0, 0.05) is 6.54 Å². The molecule has 0 atom stereocenters. The number of carboxylic acid groups (broad SMARTS) is 1. The molecule has 0 fully saturated rings. The van der Waals surface area contributed by atoms with E-state index >= 15 is 0 Å². The number of carbonyl (C=O) groups is 1. The number of carboxylic acids is 1. The Morgan fingerprint density at radius 1 is 1.90 bits per heavy atom.